The molecule has 0 radical (unpaired) electrons. The zero-order chi connectivity index (χ0) is 12.1. The molecule has 0 saturated heterocycles. The van der Waals surface area contributed by atoms with E-state index in [2.05, 4.69) is 12.2 Å². The van der Waals surface area contributed by atoms with E-state index in [4.69, 9.17) is 4.74 Å². The zero-order valence-corrected chi connectivity index (χ0v) is 10.3. The average molecular weight is 233 g/mol. The molecular weight excluding hydrogens is 214 g/mol. The standard InChI is InChI=1S/C14H19NO2/c1-2-3-8-17-14(16)12-5-4-11-6-7-15-10-13(11)9-12/h4-5,9,15H,2-3,6-8,10H2,1H3. The summed E-state index contributed by atoms with van der Waals surface area (Å²) < 4.78 is 5.20. The molecule has 0 amide bonds. The minimum atomic E-state index is -0.202. The van der Waals surface area contributed by atoms with Gasteiger partial charge in [0.1, 0.15) is 0 Å². The monoisotopic (exact) mass is 233 g/mol. The highest BCUT2D eigenvalue weighted by molar-refractivity contribution is 5.89. The lowest BCUT2D eigenvalue weighted by atomic mass is 9.99. The van der Waals surface area contributed by atoms with Crippen molar-refractivity contribution in [2.45, 2.75) is 32.7 Å². The van der Waals surface area contributed by atoms with Gasteiger partial charge >= 0.3 is 5.97 Å². The second-order valence-corrected chi connectivity index (χ2v) is 4.40. The first-order valence-electron chi connectivity index (χ1n) is 6.31. The molecule has 0 saturated carbocycles. The van der Waals surface area contributed by atoms with Gasteiger partial charge in [-0.2, -0.15) is 0 Å². The third-order valence-corrected chi connectivity index (χ3v) is 3.06. The van der Waals surface area contributed by atoms with Gasteiger partial charge in [-0.3, -0.25) is 0 Å². The van der Waals surface area contributed by atoms with Gasteiger partial charge < -0.3 is 10.1 Å². The van der Waals surface area contributed by atoms with E-state index in [1.807, 2.05) is 18.2 Å². The molecule has 0 atom stereocenters. The molecule has 92 valence electrons. The Morgan fingerprint density at radius 3 is 3.12 bits per heavy atom. The molecule has 0 fully saturated rings. The van der Waals surface area contributed by atoms with Crippen LogP contribution in [0.3, 0.4) is 0 Å². The predicted molar refractivity (Wildman–Crippen MR) is 67.0 cm³/mol. The van der Waals surface area contributed by atoms with Gasteiger partial charge in [0.25, 0.3) is 0 Å². The molecule has 1 aromatic carbocycles. The molecule has 0 bridgehead atoms. The molecule has 2 rings (SSSR count). The van der Waals surface area contributed by atoms with Crippen molar-refractivity contribution in [2.75, 3.05) is 13.2 Å². The molecule has 0 aromatic heterocycles. The van der Waals surface area contributed by atoms with Gasteiger partial charge in [-0.15, -0.1) is 0 Å². The summed E-state index contributed by atoms with van der Waals surface area (Å²) in [5.41, 5.74) is 3.23. The second kappa shape index (κ2) is 5.82. The lowest BCUT2D eigenvalue weighted by Crippen LogP contribution is -2.24. The Morgan fingerprint density at radius 1 is 1.41 bits per heavy atom. The minimum Gasteiger partial charge on any atom is -0.462 e. The van der Waals surface area contributed by atoms with Crippen LogP contribution in [0.25, 0.3) is 0 Å². The van der Waals surface area contributed by atoms with Crippen LogP contribution in [-0.4, -0.2) is 19.1 Å². The molecule has 1 heterocycles. The Balaban J connectivity index is 2.03. The molecule has 1 aliphatic heterocycles. The summed E-state index contributed by atoms with van der Waals surface area (Å²) in [6.45, 7) is 4.47. The number of benzene rings is 1. The Hall–Kier alpha value is -1.35. The highest BCUT2D eigenvalue weighted by Crippen LogP contribution is 2.16. The van der Waals surface area contributed by atoms with E-state index in [0.29, 0.717) is 12.2 Å². The van der Waals surface area contributed by atoms with Crippen molar-refractivity contribution in [3.63, 3.8) is 0 Å². The summed E-state index contributed by atoms with van der Waals surface area (Å²) in [5.74, 6) is -0.202. The quantitative estimate of drug-likeness (QED) is 0.640. The van der Waals surface area contributed by atoms with Crippen molar-refractivity contribution in [3.8, 4) is 0 Å². The number of carbonyl (C=O) groups excluding carboxylic acids is 1. The van der Waals surface area contributed by atoms with Crippen LogP contribution < -0.4 is 5.32 Å². The average Bonchev–Trinajstić information content (AvgIpc) is 2.38. The van der Waals surface area contributed by atoms with Gasteiger partial charge in [0.15, 0.2) is 0 Å². The zero-order valence-electron chi connectivity index (χ0n) is 10.3. The largest absolute Gasteiger partial charge is 0.462 e. The van der Waals surface area contributed by atoms with Crippen LogP contribution in [-0.2, 0) is 17.7 Å². The number of unbranched alkanes of at least 4 members (excludes halogenated alkanes) is 1. The Bertz CT molecular complexity index is 401. The molecule has 0 unspecified atom stereocenters. The van der Waals surface area contributed by atoms with Crippen LogP contribution in [0.4, 0.5) is 0 Å². The Labute approximate surface area is 102 Å². The fourth-order valence-corrected chi connectivity index (χ4v) is 2.00. The van der Waals surface area contributed by atoms with E-state index in [-0.39, 0.29) is 5.97 Å². The number of fused-ring (bicyclic) bond motifs is 1. The summed E-state index contributed by atoms with van der Waals surface area (Å²) in [4.78, 5) is 11.8. The normalized spacial score (nSPS) is 14.2. The van der Waals surface area contributed by atoms with Gasteiger partial charge in [0, 0.05) is 6.54 Å². The molecular formula is C14H19NO2. The van der Waals surface area contributed by atoms with Crippen molar-refractivity contribution in [1.29, 1.82) is 0 Å². The van der Waals surface area contributed by atoms with Crippen molar-refractivity contribution in [3.05, 3.63) is 34.9 Å². The third-order valence-electron chi connectivity index (χ3n) is 3.06. The van der Waals surface area contributed by atoms with Crippen LogP contribution in [0.5, 0.6) is 0 Å². The Kier molecular flexibility index (Phi) is 4.15. The first-order valence-corrected chi connectivity index (χ1v) is 6.31. The summed E-state index contributed by atoms with van der Waals surface area (Å²) in [6.07, 6.45) is 3.01. The number of hydrogen-bond acceptors (Lipinski definition) is 3. The van der Waals surface area contributed by atoms with Gasteiger partial charge in [-0.1, -0.05) is 19.4 Å². The van der Waals surface area contributed by atoms with Crippen molar-refractivity contribution in [1.82, 2.24) is 5.32 Å². The summed E-state index contributed by atoms with van der Waals surface area (Å²) in [5, 5.41) is 3.31. The first kappa shape index (κ1) is 12.1. The predicted octanol–water partition coefficient (Wildman–Crippen LogP) is 2.29. The van der Waals surface area contributed by atoms with E-state index in [9.17, 15) is 4.79 Å². The smallest absolute Gasteiger partial charge is 0.338 e. The maximum absolute atomic E-state index is 11.8. The van der Waals surface area contributed by atoms with Gasteiger partial charge in [-0.05, 0) is 42.6 Å². The van der Waals surface area contributed by atoms with Gasteiger partial charge in [0.05, 0.1) is 12.2 Å². The fraction of sp³-hybridized carbons (Fsp3) is 0.500. The summed E-state index contributed by atoms with van der Waals surface area (Å²) in [6, 6.07) is 5.88. The van der Waals surface area contributed by atoms with E-state index < -0.39 is 0 Å². The molecule has 1 N–H and O–H groups in total. The van der Waals surface area contributed by atoms with E-state index >= 15 is 0 Å². The molecule has 17 heavy (non-hydrogen) atoms. The number of nitrogens with one attached hydrogen (secondary N) is 1. The topological polar surface area (TPSA) is 38.3 Å². The molecule has 3 heteroatoms. The number of rotatable bonds is 4. The summed E-state index contributed by atoms with van der Waals surface area (Å²) >= 11 is 0. The van der Waals surface area contributed by atoms with Crippen molar-refractivity contribution < 1.29 is 9.53 Å². The van der Waals surface area contributed by atoms with E-state index in [1.54, 1.807) is 0 Å². The minimum absolute atomic E-state index is 0.202. The lowest BCUT2D eigenvalue weighted by Gasteiger charge is -2.17. The SMILES string of the molecule is CCCCOC(=O)c1ccc2c(c1)CNCC2. The van der Waals surface area contributed by atoms with Crippen molar-refractivity contribution in [2.24, 2.45) is 0 Å². The van der Waals surface area contributed by atoms with Gasteiger partial charge in [0.2, 0.25) is 0 Å². The number of ether oxygens (including phenoxy) is 1. The van der Waals surface area contributed by atoms with Gasteiger partial charge in [-0.25, -0.2) is 4.79 Å². The maximum Gasteiger partial charge on any atom is 0.338 e. The van der Waals surface area contributed by atoms with Crippen LogP contribution >= 0.6 is 0 Å². The van der Waals surface area contributed by atoms with Crippen LogP contribution in [0.15, 0.2) is 18.2 Å². The van der Waals surface area contributed by atoms with Crippen LogP contribution in [0.2, 0.25) is 0 Å². The third kappa shape index (κ3) is 3.07. The lowest BCUT2D eigenvalue weighted by molar-refractivity contribution is 0.0499. The van der Waals surface area contributed by atoms with E-state index in [1.165, 1.54) is 11.1 Å². The second-order valence-electron chi connectivity index (χ2n) is 4.40. The first-order chi connectivity index (χ1) is 8.31. The molecule has 3 nitrogen and oxygen atoms in total. The number of carbonyl (C=O) groups is 1. The molecule has 1 aliphatic rings. The fourth-order valence-electron chi connectivity index (χ4n) is 2.00. The highest BCUT2D eigenvalue weighted by Gasteiger charge is 2.12. The number of hydrogen-bond donors (Lipinski definition) is 1. The van der Waals surface area contributed by atoms with E-state index in [0.717, 1.165) is 32.4 Å². The molecule has 0 aliphatic carbocycles. The molecule has 0 spiro atoms. The van der Waals surface area contributed by atoms with Crippen LogP contribution in [0, 0.1) is 0 Å². The molecule has 1 aromatic rings. The number of esters is 1. The highest BCUT2D eigenvalue weighted by atomic mass is 16.5. The maximum atomic E-state index is 11.8. The summed E-state index contributed by atoms with van der Waals surface area (Å²) in [7, 11) is 0. The van der Waals surface area contributed by atoms with Crippen molar-refractivity contribution >= 4 is 5.97 Å². The Morgan fingerprint density at radius 2 is 2.29 bits per heavy atom. The van der Waals surface area contributed by atoms with Crippen LogP contribution in [0.1, 0.15) is 41.3 Å².